The summed E-state index contributed by atoms with van der Waals surface area (Å²) in [6, 6.07) is 2.85. The summed E-state index contributed by atoms with van der Waals surface area (Å²) < 4.78 is 5.44. The summed E-state index contributed by atoms with van der Waals surface area (Å²) in [6.45, 7) is 6.27. The van der Waals surface area contributed by atoms with Crippen molar-refractivity contribution in [3.63, 3.8) is 0 Å². The predicted octanol–water partition coefficient (Wildman–Crippen LogP) is 3.05. The van der Waals surface area contributed by atoms with Crippen molar-refractivity contribution in [2.45, 2.75) is 32.7 Å². The number of hydrogen-bond acceptors (Lipinski definition) is 3. The minimum Gasteiger partial charge on any atom is -0.381 e. The third kappa shape index (κ3) is 2.47. The molecule has 0 amide bonds. The molecule has 2 nitrogen and oxygen atoms in total. The highest BCUT2D eigenvalue weighted by atomic mass is 32.1. The summed E-state index contributed by atoms with van der Waals surface area (Å²) in [6.07, 6.45) is 2.36. The first-order valence-corrected chi connectivity index (χ1v) is 6.86. The van der Waals surface area contributed by atoms with Gasteiger partial charge in [-0.2, -0.15) is 0 Å². The lowest BCUT2D eigenvalue weighted by Crippen LogP contribution is -2.30. The zero-order valence-corrected chi connectivity index (χ0v) is 11.2. The van der Waals surface area contributed by atoms with E-state index in [1.165, 1.54) is 28.2 Å². The third-order valence-electron chi connectivity index (χ3n) is 3.46. The maximum absolute atomic E-state index is 5.44. The minimum atomic E-state index is 0.508. The smallest absolute Gasteiger partial charge is 0.0469 e. The molecular formula is C13H21NOS. The van der Waals surface area contributed by atoms with E-state index in [4.69, 9.17) is 4.74 Å². The first-order chi connectivity index (χ1) is 7.72. The Bertz CT molecular complexity index is 342. The van der Waals surface area contributed by atoms with Crippen LogP contribution in [0, 0.1) is 19.8 Å². The van der Waals surface area contributed by atoms with Crippen molar-refractivity contribution in [2.75, 3.05) is 20.3 Å². The molecule has 3 heteroatoms. The molecule has 1 unspecified atom stereocenters. The maximum Gasteiger partial charge on any atom is 0.0469 e. The van der Waals surface area contributed by atoms with Gasteiger partial charge in [-0.05, 0) is 51.3 Å². The summed E-state index contributed by atoms with van der Waals surface area (Å²) in [5.74, 6) is 0.728. The van der Waals surface area contributed by atoms with E-state index in [1.807, 2.05) is 11.3 Å². The molecule has 0 saturated carbocycles. The van der Waals surface area contributed by atoms with Crippen LogP contribution in [0.15, 0.2) is 6.07 Å². The molecule has 1 aliphatic heterocycles. The van der Waals surface area contributed by atoms with Crippen LogP contribution in [0.25, 0.3) is 0 Å². The van der Waals surface area contributed by atoms with Crippen molar-refractivity contribution in [2.24, 2.45) is 5.92 Å². The Hall–Kier alpha value is -0.380. The van der Waals surface area contributed by atoms with E-state index in [9.17, 15) is 0 Å². The van der Waals surface area contributed by atoms with Gasteiger partial charge in [0, 0.05) is 29.0 Å². The number of thiophene rings is 1. The molecule has 0 bridgehead atoms. The number of nitrogens with one attached hydrogen (secondary N) is 1. The normalized spacial score (nSPS) is 19.9. The van der Waals surface area contributed by atoms with E-state index in [0.717, 1.165) is 19.1 Å². The second kappa shape index (κ2) is 5.30. The second-order valence-electron chi connectivity index (χ2n) is 4.58. The molecule has 0 radical (unpaired) electrons. The average molecular weight is 239 g/mol. The minimum absolute atomic E-state index is 0.508. The fourth-order valence-electron chi connectivity index (χ4n) is 2.65. The predicted molar refractivity (Wildman–Crippen MR) is 69.1 cm³/mol. The van der Waals surface area contributed by atoms with Gasteiger partial charge in [-0.25, -0.2) is 0 Å². The molecule has 2 heterocycles. The van der Waals surface area contributed by atoms with Crippen molar-refractivity contribution < 1.29 is 4.74 Å². The van der Waals surface area contributed by atoms with Gasteiger partial charge in [-0.3, -0.25) is 0 Å². The molecule has 0 aliphatic carbocycles. The number of aryl methyl sites for hydroxylation is 2. The summed E-state index contributed by atoms with van der Waals surface area (Å²) in [7, 11) is 2.08. The highest BCUT2D eigenvalue weighted by Crippen LogP contribution is 2.34. The molecule has 1 aromatic heterocycles. The Morgan fingerprint density at radius 2 is 2.06 bits per heavy atom. The quantitative estimate of drug-likeness (QED) is 0.875. The summed E-state index contributed by atoms with van der Waals surface area (Å²) in [4.78, 5) is 2.88. The van der Waals surface area contributed by atoms with E-state index in [1.54, 1.807) is 0 Å². The fraction of sp³-hybridized carbons (Fsp3) is 0.692. The molecule has 16 heavy (non-hydrogen) atoms. The van der Waals surface area contributed by atoms with E-state index in [0.29, 0.717) is 6.04 Å². The average Bonchev–Trinajstić information content (AvgIpc) is 2.61. The lowest BCUT2D eigenvalue weighted by atomic mass is 9.87. The van der Waals surface area contributed by atoms with Gasteiger partial charge in [-0.1, -0.05) is 0 Å². The van der Waals surface area contributed by atoms with Crippen LogP contribution >= 0.6 is 11.3 Å². The molecule has 90 valence electrons. The SMILES string of the molecule is CNC(c1cc(C)sc1C)C1CCOCC1. The van der Waals surface area contributed by atoms with E-state index < -0.39 is 0 Å². The standard InChI is InChI=1S/C13H21NOS/c1-9-8-12(10(2)16-9)13(14-3)11-4-6-15-7-5-11/h8,11,13-14H,4-7H2,1-3H3. The van der Waals surface area contributed by atoms with Crippen molar-refractivity contribution >= 4 is 11.3 Å². The van der Waals surface area contributed by atoms with Crippen LogP contribution in [0.1, 0.15) is 34.2 Å². The van der Waals surface area contributed by atoms with E-state index in [2.05, 4.69) is 32.3 Å². The Morgan fingerprint density at radius 1 is 1.38 bits per heavy atom. The summed E-state index contributed by atoms with van der Waals surface area (Å²) >= 11 is 1.91. The number of hydrogen-bond donors (Lipinski definition) is 1. The Labute approximate surface area is 102 Å². The molecule has 0 aromatic carbocycles. The van der Waals surface area contributed by atoms with Crippen LogP contribution in [0.5, 0.6) is 0 Å². The maximum atomic E-state index is 5.44. The van der Waals surface area contributed by atoms with Crippen LogP contribution in [0.4, 0.5) is 0 Å². The molecule has 1 aliphatic rings. The molecule has 2 rings (SSSR count). The lowest BCUT2D eigenvalue weighted by Gasteiger charge is -2.30. The van der Waals surface area contributed by atoms with Crippen LogP contribution in [0.3, 0.4) is 0 Å². The van der Waals surface area contributed by atoms with Crippen molar-refractivity contribution in [1.82, 2.24) is 5.32 Å². The molecule has 1 aromatic rings. The molecule has 1 saturated heterocycles. The number of rotatable bonds is 3. The first kappa shape index (κ1) is 12.1. The van der Waals surface area contributed by atoms with E-state index in [-0.39, 0.29) is 0 Å². The summed E-state index contributed by atoms with van der Waals surface area (Å²) in [5.41, 5.74) is 1.50. The van der Waals surface area contributed by atoms with Crippen LogP contribution in [-0.4, -0.2) is 20.3 Å². The highest BCUT2D eigenvalue weighted by Gasteiger charge is 2.25. The Kier molecular flexibility index (Phi) is 4.00. The first-order valence-electron chi connectivity index (χ1n) is 6.04. The van der Waals surface area contributed by atoms with Gasteiger partial charge in [0.15, 0.2) is 0 Å². The molecule has 1 fully saturated rings. The molecule has 0 spiro atoms. The van der Waals surface area contributed by atoms with Gasteiger partial charge in [0.1, 0.15) is 0 Å². The molecular weight excluding hydrogens is 218 g/mol. The lowest BCUT2D eigenvalue weighted by molar-refractivity contribution is 0.0546. The van der Waals surface area contributed by atoms with Gasteiger partial charge < -0.3 is 10.1 Å². The van der Waals surface area contributed by atoms with Crippen molar-refractivity contribution in [1.29, 1.82) is 0 Å². The van der Waals surface area contributed by atoms with Crippen LogP contribution < -0.4 is 5.32 Å². The van der Waals surface area contributed by atoms with Crippen molar-refractivity contribution in [3.05, 3.63) is 21.4 Å². The topological polar surface area (TPSA) is 21.3 Å². The van der Waals surface area contributed by atoms with Crippen LogP contribution in [0.2, 0.25) is 0 Å². The largest absolute Gasteiger partial charge is 0.381 e. The monoisotopic (exact) mass is 239 g/mol. The Balaban J connectivity index is 2.17. The van der Waals surface area contributed by atoms with Crippen LogP contribution in [-0.2, 0) is 4.74 Å². The van der Waals surface area contributed by atoms with Gasteiger partial charge in [0.05, 0.1) is 0 Å². The molecule has 1 N–H and O–H groups in total. The van der Waals surface area contributed by atoms with E-state index >= 15 is 0 Å². The molecule has 1 atom stereocenters. The Morgan fingerprint density at radius 3 is 2.56 bits per heavy atom. The van der Waals surface area contributed by atoms with Gasteiger partial charge in [-0.15, -0.1) is 11.3 Å². The number of ether oxygens (including phenoxy) is 1. The highest BCUT2D eigenvalue weighted by molar-refractivity contribution is 7.12. The second-order valence-corrected chi connectivity index (χ2v) is 6.05. The van der Waals surface area contributed by atoms with Gasteiger partial charge >= 0.3 is 0 Å². The third-order valence-corrected chi connectivity index (χ3v) is 4.44. The fourth-order valence-corrected chi connectivity index (χ4v) is 3.63. The summed E-state index contributed by atoms with van der Waals surface area (Å²) in [5, 5.41) is 3.49. The zero-order valence-electron chi connectivity index (χ0n) is 10.4. The van der Waals surface area contributed by atoms with Gasteiger partial charge in [0.2, 0.25) is 0 Å². The van der Waals surface area contributed by atoms with Crippen molar-refractivity contribution in [3.8, 4) is 0 Å². The zero-order chi connectivity index (χ0) is 11.5. The van der Waals surface area contributed by atoms with Gasteiger partial charge in [0.25, 0.3) is 0 Å².